The summed E-state index contributed by atoms with van der Waals surface area (Å²) in [7, 11) is 0. The molecule has 88 valence electrons. The van der Waals surface area contributed by atoms with Gasteiger partial charge in [0, 0.05) is 17.8 Å². The zero-order valence-corrected chi connectivity index (χ0v) is 9.02. The molecule has 2 aromatic rings. The number of pyridine rings is 1. The average molecular weight is 233 g/mol. The van der Waals surface area contributed by atoms with Crippen molar-refractivity contribution in [3.05, 3.63) is 47.9 Å². The Morgan fingerprint density at radius 1 is 1.29 bits per heavy atom. The van der Waals surface area contributed by atoms with Crippen molar-refractivity contribution in [3.63, 3.8) is 0 Å². The molecule has 0 aliphatic rings. The van der Waals surface area contributed by atoms with Gasteiger partial charge in [-0.2, -0.15) is 0 Å². The van der Waals surface area contributed by atoms with Gasteiger partial charge in [0.15, 0.2) is 0 Å². The summed E-state index contributed by atoms with van der Waals surface area (Å²) in [6.45, 7) is 0.371. The smallest absolute Gasteiger partial charge is 0.141 e. The molecule has 0 saturated carbocycles. The highest BCUT2D eigenvalue weighted by molar-refractivity contribution is 5.48. The van der Waals surface area contributed by atoms with Crippen LogP contribution < -0.4 is 11.1 Å². The number of anilines is 2. The van der Waals surface area contributed by atoms with Crippen LogP contribution in [0.5, 0.6) is 5.75 Å². The van der Waals surface area contributed by atoms with Gasteiger partial charge < -0.3 is 16.2 Å². The van der Waals surface area contributed by atoms with Crippen molar-refractivity contribution in [1.82, 2.24) is 4.98 Å². The van der Waals surface area contributed by atoms with E-state index in [2.05, 4.69) is 10.3 Å². The fraction of sp³-hybridized carbons (Fsp3) is 0.0833. The van der Waals surface area contributed by atoms with Crippen LogP contribution in [0.4, 0.5) is 15.9 Å². The van der Waals surface area contributed by atoms with E-state index in [1.165, 1.54) is 18.2 Å². The third kappa shape index (κ3) is 2.84. The van der Waals surface area contributed by atoms with Gasteiger partial charge in [-0.15, -0.1) is 0 Å². The minimum atomic E-state index is -0.387. The summed E-state index contributed by atoms with van der Waals surface area (Å²) in [4.78, 5) is 3.85. The summed E-state index contributed by atoms with van der Waals surface area (Å²) >= 11 is 0. The first-order valence-electron chi connectivity index (χ1n) is 5.08. The Labute approximate surface area is 97.9 Å². The van der Waals surface area contributed by atoms with Crippen LogP contribution >= 0.6 is 0 Å². The number of nitrogens with zero attached hydrogens (tertiary/aromatic N) is 1. The van der Waals surface area contributed by atoms with Crippen molar-refractivity contribution in [1.29, 1.82) is 0 Å². The van der Waals surface area contributed by atoms with Crippen LogP contribution in [0.15, 0.2) is 36.5 Å². The highest BCUT2D eigenvalue weighted by Gasteiger charge is 2.02. The fourth-order valence-electron chi connectivity index (χ4n) is 1.41. The Hall–Kier alpha value is -2.30. The van der Waals surface area contributed by atoms with E-state index >= 15 is 0 Å². The zero-order valence-electron chi connectivity index (χ0n) is 9.02. The predicted molar refractivity (Wildman–Crippen MR) is 64.0 cm³/mol. The third-order valence-electron chi connectivity index (χ3n) is 2.29. The van der Waals surface area contributed by atoms with Gasteiger partial charge in [-0.05, 0) is 30.3 Å². The molecule has 2 rings (SSSR count). The number of hydrogen-bond acceptors (Lipinski definition) is 4. The summed E-state index contributed by atoms with van der Waals surface area (Å²) in [5.74, 6) is 0.310. The van der Waals surface area contributed by atoms with Gasteiger partial charge in [0.2, 0.25) is 0 Å². The van der Waals surface area contributed by atoms with Gasteiger partial charge in [0.1, 0.15) is 17.4 Å². The molecule has 17 heavy (non-hydrogen) atoms. The van der Waals surface area contributed by atoms with Crippen molar-refractivity contribution in [3.8, 4) is 5.75 Å². The van der Waals surface area contributed by atoms with Crippen molar-refractivity contribution in [2.75, 3.05) is 11.1 Å². The van der Waals surface area contributed by atoms with Gasteiger partial charge in [0.25, 0.3) is 0 Å². The van der Waals surface area contributed by atoms with Crippen LogP contribution in [-0.2, 0) is 6.54 Å². The first kappa shape index (κ1) is 11.2. The van der Waals surface area contributed by atoms with Gasteiger partial charge in [-0.3, -0.25) is 0 Å². The zero-order chi connectivity index (χ0) is 12.3. The Morgan fingerprint density at radius 3 is 2.82 bits per heavy atom. The van der Waals surface area contributed by atoms with Gasteiger partial charge in [-0.25, -0.2) is 9.37 Å². The summed E-state index contributed by atoms with van der Waals surface area (Å²) in [6, 6.07) is 7.67. The van der Waals surface area contributed by atoms with E-state index in [4.69, 9.17) is 5.73 Å². The molecule has 0 atom stereocenters. The third-order valence-corrected chi connectivity index (χ3v) is 2.29. The largest absolute Gasteiger partial charge is 0.508 e. The molecule has 0 amide bonds. The second-order valence-corrected chi connectivity index (χ2v) is 3.60. The summed E-state index contributed by atoms with van der Waals surface area (Å²) in [6.07, 6.45) is 1.13. The maximum atomic E-state index is 12.6. The number of hydrogen-bond donors (Lipinski definition) is 3. The topological polar surface area (TPSA) is 71.2 Å². The predicted octanol–water partition coefficient (Wildman–Crippen LogP) is 2.12. The molecule has 0 fully saturated rings. The van der Waals surface area contributed by atoms with Crippen molar-refractivity contribution in [2.24, 2.45) is 0 Å². The molecule has 4 nitrogen and oxygen atoms in total. The van der Waals surface area contributed by atoms with Crippen LogP contribution in [0, 0.1) is 5.82 Å². The highest BCUT2D eigenvalue weighted by atomic mass is 19.1. The van der Waals surface area contributed by atoms with Crippen LogP contribution in [0.3, 0.4) is 0 Å². The molecule has 0 radical (unpaired) electrons. The lowest BCUT2D eigenvalue weighted by Gasteiger charge is -2.08. The number of aromatic nitrogens is 1. The summed E-state index contributed by atoms with van der Waals surface area (Å²) < 4.78 is 12.6. The van der Waals surface area contributed by atoms with Gasteiger partial charge >= 0.3 is 0 Å². The van der Waals surface area contributed by atoms with Crippen molar-refractivity contribution >= 4 is 11.5 Å². The van der Waals surface area contributed by atoms with Crippen molar-refractivity contribution < 1.29 is 9.50 Å². The van der Waals surface area contributed by atoms with Crippen LogP contribution in [0.25, 0.3) is 0 Å². The number of benzene rings is 1. The quantitative estimate of drug-likeness (QED) is 0.561. The molecule has 0 saturated heterocycles. The normalized spacial score (nSPS) is 10.2. The van der Waals surface area contributed by atoms with Gasteiger partial charge in [0.05, 0.1) is 6.20 Å². The Bertz CT molecular complexity index is 514. The standard InChI is InChI=1S/C12H12FN3O/c13-9-1-4-12(16-7-9)15-6-8-5-10(14)2-3-11(8)17/h1-5,7,17H,6,14H2,(H,15,16). The number of aromatic hydroxyl groups is 1. The molecular weight excluding hydrogens is 221 g/mol. The average Bonchev–Trinajstić information content (AvgIpc) is 2.32. The van der Waals surface area contributed by atoms with E-state index in [9.17, 15) is 9.50 Å². The molecule has 1 aromatic carbocycles. The molecule has 5 heteroatoms. The molecule has 0 unspecified atom stereocenters. The van der Waals surface area contributed by atoms with Crippen LogP contribution in [-0.4, -0.2) is 10.1 Å². The highest BCUT2D eigenvalue weighted by Crippen LogP contribution is 2.20. The first-order chi connectivity index (χ1) is 8.15. The van der Waals surface area contributed by atoms with Crippen LogP contribution in [0.1, 0.15) is 5.56 Å². The molecule has 4 N–H and O–H groups in total. The Kier molecular flexibility index (Phi) is 3.09. The molecular formula is C12H12FN3O. The minimum Gasteiger partial charge on any atom is -0.508 e. The second kappa shape index (κ2) is 4.69. The number of halogens is 1. The maximum Gasteiger partial charge on any atom is 0.141 e. The number of nitrogens with two attached hydrogens (primary N) is 1. The van der Waals surface area contributed by atoms with Gasteiger partial charge in [-0.1, -0.05) is 0 Å². The monoisotopic (exact) mass is 233 g/mol. The van der Waals surface area contributed by atoms with E-state index < -0.39 is 0 Å². The van der Waals surface area contributed by atoms with E-state index in [0.717, 1.165) is 6.20 Å². The number of phenolic OH excluding ortho intramolecular Hbond substituents is 1. The van der Waals surface area contributed by atoms with E-state index in [1.807, 2.05) is 0 Å². The molecule has 0 aliphatic carbocycles. The second-order valence-electron chi connectivity index (χ2n) is 3.60. The molecule has 1 heterocycles. The molecule has 0 bridgehead atoms. The van der Waals surface area contributed by atoms with E-state index in [0.29, 0.717) is 23.6 Å². The summed E-state index contributed by atoms with van der Waals surface area (Å²) in [5.41, 5.74) is 6.85. The van der Waals surface area contributed by atoms with Crippen molar-refractivity contribution in [2.45, 2.75) is 6.54 Å². The lowest BCUT2D eigenvalue weighted by atomic mass is 10.2. The number of phenols is 1. The molecule has 1 aromatic heterocycles. The van der Waals surface area contributed by atoms with E-state index in [1.54, 1.807) is 12.1 Å². The van der Waals surface area contributed by atoms with Crippen LogP contribution in [0.2, 0.25) is 0 Å². The molecule has 0 aliphatic heterocycles. The number of rotatable bonds is 3. The lowest BCUT2D eigenvalue weighted by Crippen LogP contribution is -2.02. The fourth-order valence-corrected chi connectivity index (χ4v) is 1.41. The number of nitrogens with one attached hydrogen (secondary N) is 1. The SMILES string of the molecule is Nc1ccc(O)c(CNc2ccc(F)cn2)c1. The molecule has 0 spiro atoms. The first-order valence-corrected chi connectivity index (χ1v) is 5.08. The summed E-state index contributed by atoms with van der Waals surface area (Å²) in [5, 5.41) is 12.5. The Balaban J connectivity index is 2.07. The minimum absolute atomic E-state index is 0.161. The lowest BCUT2D eigenvalue weighted by molar-refractivity contribution is 0.469. The number of nitrogen functional groups attached to an aromatic ring is 1. The maximum absolute atomic E-state index is 12.6. The van der Waals surface area contributed by atoms with E-state index in [-0.39, 0.29) is 11.6 Å². The Morgan fingerprint density at radius 2 is 2.12 bits per heavy atom.